The molecule has 0 spiro atoms. The summed E-state index contributed by atoms with van der Waals surface area (Å²) in [6, 6.07) is 11.2. The molecule has 2 N–H and O–H groups in total. The fourth-order valence-electron chi connectivity index (χ4n) is 2.03. The summed E-state index contributed by atoms with van der Waals surface area (Å²) in [6.45, 7) is 0. The molecule has 0 amide bonds. The van der Waals surface area contributed by atoms with E-state index in [1.807, 2.05) is 18.2 Å². The SMILES string of the molecule is NC(Cc1cccc(Cl)c1)Cc1cccc(F)c1F. The van der Waals surface area contributed by atoms with Gasteiger partial charge in [-0.1, -0.05) is 35.9 Å². The number of hydrogen-bond donors (Lipinski definition) is 1. The molecule has 2 rings (SSSR count). The molecule has 0 heterocycles. The minimum absolute atomic E-state index is 0.283. The second kappa shape index (κ2) is 6.13. The highest BCUT2D eigenvalue weighted by atomic mass is 35.5. The summed E-state index contributed by atoms with van der Waals surface area (Å²) < 4.78 is 26.6. The largest absolute Gasteiger partial charge is 0.327 e. The summed E-state index contributed by atoms with van der Waals surface area (Å²) in [6.07, 6.45) is 0.854. The predicted octanol–water partition coefficient (Wildman–Crippen LogP) is 3.73. The van der Waals surface area contributed by atoms with Crippen LogP contribution in [0.25, 0.3) is 0 Å². The Labute approximate surface area is 116 Å². The molecule has 0 fully saturated rings. The maximum absolute atomic E-state index is 13.5. The first-order valence-electron chi connectivity index (χ1n) is 5.99. The van der Waals surface area contributed by atoms with Crippen LogP contribution >= 0.6 is 11.6 Å². The van der Waals surface area contributed by atoms with Gasteiger partial charge in [0.05, 0.1) is 0 Å². The van der Waals surface area contributed by atoms with Crippen LogP contribution in [0, 0.1) is 11.6 Å². The van der Waals surface area contributed by atoms with Gasteiger partial charge in [-0.3, -0.25) is 0 Å². The normalized spacial score (nSPS) is 12.4. The Morgan fingerprint density at radius 3 is 2.53 bits per heavy atom. The van der Waals surface area contributed by atoms with Crippen molar-refractivity contribution in [1.29, 1.82) is 0 Å². The maximum atomic E-state index is 13.5. The van der Waals surface area contributed by atoms with E-state index in [0.29, 0.717) is 17.0 Å². The Balaban J connectivity index is 2.05. The zero-order valence-electron chi connectivity index (χ0n) is 10.2. The van der Waals surface area contributed by atoms with Gasteiger partial charge in [0.25, 0.3) is 0 Å². The molecule has 4 heteroatoms. The van der Waals surface area contributed by atoms with E-state index in [9.17, 15) is 8.78 Å². The summed E-state index contributed by atoms with van der Waals surface area (Å²) in [5.74, 6) is -1.66. The maximum Gasteiger partial charge on any atom is 0.162 e. The van der Waals surface area contributed by atoms with Crippen LogP contribution in [0.15, 0.2) is 42.5 Å². The highest BCUT2D eigenvalue weighted by Crippen LogP contribution is 2.16. The molecule has 2 aromatic carbocycles. The van der Waals surface area contributed by atoms with Crippen molar-refractivity contribution >= 4 is 11.6 Å². The number of hydrogen-bond acceptors (Lipinski definition) is 1. The lowest BCUT2D eigenvalue weighted by Crippen LogP contribution is -2.26. The summed E-state index contributed by atoms with van der Waals surface area (Å²) >= 11 is 5.88. The number of benzene rings is 2. The molecular formula is C15H14ClF2N. The fourth-order valence-corrected chi connectivity index (χ4v) is 2.24. The highest BCUT2D eigenvalue weighted by molar-refractivity contribution is 6.30. The Bertz CT molecular complexity index is 572. The first kappa shape index (κ1) is 14.0. The molecule has 2 aromatic rings. The third-order valence-corrected chi connectivity index (χ3v) is 3.14. The molecular weight excluding hydrogens is 268 g/mol. The number of rotatable bonds is 4. The lowest BCUT2D eigenvalue weighted by atomic mass is 9.99. The van der Waals surface area contributed by atoms with Crippen LogP contribution in [-0.2, 0) is 12.8 Å². The monoisotopic (exact) mass is 281 g/mol. The molecule has 19 heavy (non-hydrogen) atoms. The standard InChI is InChI=1S/C15H14ClF2N/c16-12-5-1-3-10(7-12)8-13(19)9-11-4-2-6-14(17)15(11)18/h1-7,13H,8-9,19H2. The van der Waals surface area contributed by atoms with Crippen LogP contribution in [0.5, 0.6) is 0 Å². The molecule has 0 bridgehead atoms. The Hall–Kier alpha value is -1.45. The quantitative estimate of drug-likeness (QED) is 0.908. The third-order valence-electron chi connectivity index (χ3n) is 2.90. The van der Waals surface area contributed by atoms with E-state index in [1.165, 1.54) is 6.07 Å². The van der Waals surface area contributed by atoms with Gasteiger partial charge >= 0.3 is 0 Å². The van der Waals surface area contributed by atoms with Crippen molar-refractivity contribution in [3.8, 4) is 0 Å². The summed E-state index contributed by atoms with van der Waals surface area (Å²) in [5, 5.41) is 0.640. The van der Waals surface area contributed by atoms with E-state index < -0.39 is 11.6 Å². The number of halogens is 3. The smallest absolute Gasteiger partial charge is 0.162 e. The Morgan fingerprint density at radius 1 is 1.05 bits per heavy atom. The van der Waals surface area contributed by atoms with Crippen molar-refractivity contribution in [2.24, 2.45) is 5.73 Å². The zero-order valence-corrected chi connectivity index (χ0v) is 11.0. The average Bonchev–Trinajstić information content (AvgIpc) is 2.35. The fraction of sp³-hybridized carbons (Fsp3) is 0.200. The van der Waals surface area contributed by atoms with Gasteiger partial charge in [0.2, 0.25) is 0 Å². The van der Waals surface area contributed by atoms with Crippen molar-refractivity contribution in [2.75, 3.05) is 0 Å². The van der Waals surface area contributed by atoms with Crippen LogP contribution in [0.2, 0.25) is 5.02 Å². The molecule has 1 nitrogen and oxygen atoms in total. The van der Waals surface area contributed by atoms with Gasteiger partial charge in [0.1, 0.15) is 0 Å². The lowest BCUT2D eigenvalue weighted by Gasteiger charge is -2.12. The third kappa shape index (κ3) is 3.75. The molecule has 1 atom stereocenters. The molecule has 0 aliphatic rings. The van der Waals surface area contributed by atoms with E-state index in [0.717, 1.165) is 11.6 Å². The van der Waals surface area contributed by atoms with Gasteiger partial charge in [-0.25, -0.2) is 8.78 Å². The van der Waals surface area contributed by atoms with E-state index in [-0.39, 0.29) is 12.5 Å². The minimum Gasteiger partial charge on any atom is -0.327 e. The summed E-state index contributed by atoms with van der Waals surface area (Å²) in [5.41, 5.74) is 7.26. The van der Waals surface area contributed by atoms with Crippen molar-refractivity contribution in [3.05, 3.63) is 70.2 Å². The van der Waals surface area contributed by atoms with Gasteiger partial charge in [-0.2, -0.15) is 0 Å². The second-order valence-corrected chi connectivity index (χ2v) is 4.95. The molecule has 0 aliphatic heterocycles. The number of nitrogens with two attached hydrogens (primary N) is 1. The molecule has 1 unspecified atom stereocenters. The molecule has 0 saturated heterocycles. The van der Waals surface area contributed by atoms with E-state index in [1.54, 1.807) is 12.1 Å². The predicted molar refractivity (Wildman–Crippen MR) is 73.2 cm³/mol. The summed E-state index contributed by atoms with van der Waals surface area (Å²) in [7, 11) is 0. The van der Waals surface area contributed by atoms with Gasteiger partial charge in [-0.05, 0) is 42.2 Å². The van der Waals surface area contributed by atoms with E-state index >= 15 is 0 Å². The van der Waals surface area contributed by atoms with Crippen molar-refractivity contribution < 1.29 is 8.78 Å². The minimum atomic E-state index is -0.840. The topological polar surface area (TPSA) is 26.0 Å². The van der Waals surface area contributed by atoms with Gasteiger partial charge in [-0.15, -0.1) is 0 Å². The first-order chi connectivity index (χ1) is 9.06. The van der Waals surface area contributed by atoms with Crippen LogP contribution in [0.3, 0.4) is 0 Å². The molecule has 0 aromatic heterocycles. The molecule has 0 radical (unpaired) electrons. The Morgan fingerprint density at radius 2 is 1.79 bits per heavy atom. The first-order valence-corrected chi connectivity index (χ1v) is 6.37. The van der Waals surface area contributed by atoms with Crippen molar-refractivity contribution in [3.63, 3.8) is 0 Å². The van der Waals surface area contributed by atoms with Crippen LogP contribution in [0.4, 0.5) is 8.78 Å². The molecule has 0 aliphatic carbocycles. The van der Waals surface area contributed by atoms with E-state index in [4.69, 9.17) is 17.3 Å². The van der Waals surface area contributed by atoms with Crippen LogP contribution in [0.1, 0.15) is 11.1 Å². The zero-order chi connectivity index (χ0) is 13.8. The van der Waals surface area contributed by atoms with Crippen molar-refractivity contribution in [1.82, 2.24) is 0 Å². The van der Waals surface area contributed by atoms with Crippen LogP contribution < -0.4 is 5.73 Å². The van der Waals surface area contributed by atoms with Gasteiger partial charge in [0.15, 0.2) is 11.6 Å². The average molecular weight is 282 g/mol. The lowest BCUT2D eigenvalue weighted by molar-refractivity contribution is 0.492. The van der Waals surface area contributed by atoms with E-state index in [2.05, 4.69) is 0 Å². The molecule has 100 valence electrons. The van der Waals surface area contributed by atoms with Crippen molar-refractivity contribution in [2.45, 2.75) is 18.9 Å². The van der Waals surface area contributed by atoms with Gasteiger partial charge < -0.3 is 5.73 Å². The highest BCUT2D eigenvalue weighted by Gasteiger charge is 2.12. The molecule has 0 saturated carbocycles. The summed E-state index contributed by atoms with van der Waals surface area (Å²) in [4.78, 5) is 0. The van der Waals surface area contributed by atoms with Crippen LogP contribution in [-0.4, -0.2) is 6.04 Å². The van der Waals surface area contributed by atoms with Gasteiger partial charge in [0, 0.05) is 11.1 Å². The Kier molecular flexibility index (Phi) is 4.51. The second-order valence-electron chi connectivity index (χ2n) is 4.51.